The van der Waals surface area contributed by atoms with Crippen LogP contribution in [0.5, 0.6) is 0 Å². The maximum Gasteiger partial charge on any atom is 0.0992 e. The van der Waals surface area contributed by atoms with Crippen molar-refractivity contribution in [2.24, 2.45) is 0 Å². The molecule has 0 spiro atoms. The maximum absolute atomic E-state index is 8.56. The van der Waals surface area contributed by atoms with Crippen molar-refractivity contribution in [1.82, 2.24) is 0 Å². The normalized spacial score (nSPS) is 9.18. The fraction of sp³-hybridized carbons (Fsp3) is 0.125. The number of hydrogen-bond acceptors (Lipinski definition) is 2. The summed E-state index contributed by atoms with van der Waals surface area (Å²) in [6.45, 7) is 0. The Labute approximate surface area is 75.0 Å². The second-order valence-corrected chi connectivity index (χ2v) is 3.31. The van der Waals surface area contributed by atoms with E-state index >= 15 is 0 Å². The number of benzene rings is 1. The molecule has 0 aliphatic carbocycles. The van der Waals surface area contributed by atoms with Crippen LogP contribution in [0.15, 0.2) is 23.1 Å². The Bertz CT molecular complexity index is 303. The molecule has 1 rings (SSSR count). The van der Waals surface area contributed by atoms with E-state index in [2.05, 4.69) is 0 Å². The lowest BCUT2D eigenvalue weighted by Crippen LogP contribution is -1.76. The Balaban J connectivity index is 3.15. The van der Waals surface area contributed by atoms with E-state index in [4.69, 9.17) is 16.9 Å². The molecule has 0 bridgehead atoms. The van der Waals surface area contributed by atoms with Crippen LogP contribution in [0.3, 0.4) is 0 Å². The van der Waals surface area contributed by atoms with Crippen molar-refractivity contribution in [2.75, 3.05) is 6.26 Å². The fourth-order valence-corrected chi connectivity index (χ4v) is 1.53. The Morgan fingerprint density at radius 1 is 1.45 bits per heavy atom. The minimum Gasteiger partial charge on any atom is -0.192 e. The van der Waals surface area contributed by atoms with Crippen LogP contribution in [0.25, 0.3) is 0 Å². The lowest BCUT2D eigenvalue weighted by atomic mass is 10.2. The van der Waals surface area contributed by atoms with Crippen LogP contribution < -0.4 is 0 Å². The van der Waals surface area contributed by atoms with E-state index in [1.807, 2.05) is 24.5 Å². The predicted molar refractivity (Wildman–Crippen MR) is 47.9 cm³/mol. The highest BCUT2D eigenvalue weighted by Gasteiger charge is 1.96. The monoisotopic (exact) mass is 183 g/mol. The van der Waals surface area contributed by atoms with Crippen LogP contribution >= 0.6 is 23.4 Å². The summed E-state index contributed by atoms with van der Waals surface area (Å²) in [5, 5.41) is 9.18. The standard InChI is InChI=1S/C8H6ClNS/c1-11-8-3-6(5-10)2-7(9)4-8/h2-4H,1H3. The van der Waals surface area contributed by atoms with E-state index in [0.29, 0.717) is 10.6 Å². The molecule has 0 radical (unpaired) electrons. The van der Waals surface area contributed by atoms with E-state index < -0.39 is 0 Å². The van der Waals surface area contributed by atoms with Crippen LogP contribution in [0.2, 0.25) is 5.02 Å². The van der Waals surface area contributed by atoms with E-state index in [-0.39, 0.29) is 0 Å². The van der Waals surface area contributed by atoms with Gasteiger partial charge in [-0.15, -0.1) is 11.8 Å². The van der Waals surface area contributed by atoms with E-state index in [0.717, 1.165) is 4.90 Å². The maximum atomic E-state index is 8.56. The Hall–Kier alpha value is -0.650. The van der Waals surface area contributed by atoms with Crippen LogP contribution in [0.4, 0.5) is 0 Å². The average molecular weight is 184 g/mol. The molecule has 0 fully saturated rings. The smallest absolute Gasteiger partial charge is 0.0992 e. The third-order valence-corrected chi connectivity index (χ3v) is 2.16. The van der Waals surface area contributed by atoms with Crippen molar-refractivity contribution in [2.45, 2.75) is 4.90 Å². The van der Waals surface area contributed by atoms with Gasteiger partial charge < -0.3 is 0 Å². The van der Waals surface area contributed by atoms with Gasteiger partial charge >= 0.3 is 0 Å². The summed E-state index contributed by atoms with van der Waals surface area (Å²) in [4.78, 5) is 1.02. The minimum atomic E-state index is 0.613. The first-order valence-corrected chi connectivity index (χ1v) is 4.61. The zero-order chi connectivity index (χ0) is 8.27. The van der Waals surface area contributed by atoms with Gasteiger partial charge in [0.05, 0.1) is 11.6 Å². The van der Waals surface area contributed by atoms with Crippen molar-refractivity contribution < 1.29 is 0 Å². The molecule has 1 aromatic rings. The first-order chi connectivity index (χ1) is 5.26. The molecular formula is C8H6ClNS. The zero-order valence-corrected chi connectivity index (χ0v) is 7.54. The molecule has 0 saturated carbocycles. The largest absolute Gasteiger partial charge is 0.192 e. The van der Waals surface area contributed by atoms with Gasteiger partial charge in [0.15, 0.2) is 0 Å². The van der Waals surface area contributed by atoms with E-state index in [9.17, 15) is 0 Å². The topological polar surface area (TPSA) is 23.8 Å². The molecule has 11 heavy (non-hydrogen) atoms. The van der Waals surface area contributed by atoms with Crippen LogP contribution in [-0.2, 0) is 0 Å². The van der Waals surface area contributed by atoms with Crippen molar-refractivity contribution in [3.05, 3.63) is 28.8 Å². The average Bonchev–Trinajstić information content (AvgIpc) is 2.03. The molecule has 1 aromatic carbocycles. The van der Waals surface area contributed by atoms with E-state index in [1.54, 1.807) is 17.8 Å². The molecule has 0 saturated heterocycles. The summed E-state index contributed by atoms with van der Waals surface area (Å²) in [6, 6.07) is 7.36. The summed E-state index contributed by atoms with van der Waals surface area (Å²) in [5.74, 6) is 0. The summed E-state index contributed by atoms with van der Waals surface area (Å²) < 4.78 is 0. The molecule has 0 aliphatic rings. The number of nitriles is 1. The van der Waals surface area contributed by atoms with Crippen LogP contribution in [0, 0.1) is 11.3 Å². The third-order valence-electron chi connectivity index (χ3n) is 1.24. The van der Waals surface area contributed by atoms with Crippen molar-refractivity contribution >= 4 is 23.4 Å². The lowest BCUT2D eigenvalue weighted by molar-refractivity contribution is 1.41. The second kappa shape index (κ2) is 3.66. The summed E-state index contributed by atoms with van der Waals surface area (Å²) in [5.41, 5.74) is 0.613. The highest BCUT2D eigenvalue weighted by Crippen LogP contribution is 2.21. The van der Waals surface area contributed by atoms with Crippen molar-refractivity contribution in [3.63, 3.8) is 0 Å². The van der Waals surface area contributed by atoms with Gasteiger partial charge in [0.25, 0.3) is 0 Å². The minimum absolute atomic E-state index is 0.613. The summed E-state index contributed by atoms with van der Waals surface area (Å²) in [7, 11) is 0. The van der Waals surface area contributed by atoms with Crippen LogP contribution in [0.1, 0.15) is 5.56 Å². The SMILES string of the molecule is CSc1cc(Cl)cc(C#N)c1. The molecule has 0 N–H and O–H groups in total. The quantitative estimate of drug-likeness (QED) is 0.626. The van der Waals surface area contributed by atoms with E-state index in [1.165, 1.54) is 0 Å². The molecule has 0 atom stereocenters. The van der Waals surface area contributed by atoms with Gasteiger partial charge in [0, 0.05) is 9.92 Å². The molecule has 0 amide bonds. The molecule has 1 nitrogen and oxygen atoms in total. The summed E-state index contributed by atoms with van der Waals surface area (Å²) in [6.07, 6.45) is 1.95. The van der Waals surface area contributed by atoms with Gasteiger partial charge in [-0.05, 0) is 24.5 Å². The molecule has 0 unspecified atom stereocenters. The number of nitrogens with zero attached hydrogens (tertiary/aromatic N) is 1. The first-order valence-electron chi connectivity index (χ1n) is 3.01. The molecule has 0 aliphatic heterocycles. The highest BCUT2D eigenvalue weighted by molar-refractivity contribution is 7.98. The van der Waals surface area contributed by atoms with Gasteiger partial charge in [-0.1, -0.05) is 11.6 Å². The van der Waals surface area contributed by atoms with Gasteiger partial charge in [0.2, 0.25) is 0 Å². The zero-order valence-electron chi connectivity index (χ0n) is 5.97. The number of hydrogen-bond donors (Lipinski definition) is 0. The van der Waals surface area contributed by atoms with Crippen molar-refractivity contribution in [3.8, 4) is 6.07 Å². The van der Waals surface area contributed by atoms with Gasteiger partial charge in [0.1, 0.15) is 0 Å². The summed E-state index contributed by atoms with van der Waals surface area (Å²) >= 11 is 7.32. The van der Waals surface area contributed by atoms with Crippen LogP contribution in [-0.4, -0.2) is 6.26 Å². The molecule has 56 valence electrons. The lowest BCUT2D eigenvalue weighted by Gasteiger charge is -1.96. The first kappa shape index (κ1) is 8.45. The Kier molecular flexibility index (Phi) is 2.81. The number of halogens is 1. The predicted octanol–water partition coefficient (Wildman–Crippen LogP) is 2.93. The highest BCUT2D eigenvalue weighted by atomic mass is 35.5. The number of thioether (sulfide) groups is 1. The molecular weight excluding hydrogens is 178 g/mol. The Morgan fingerprint density at radius 3 is 2.73 bits per heavy atom. The van der Waals surface area contributed by atoms with Gasteiger partial charge in [-0.25, -0.2) is 0 Å². The molecule has 0 heterocycles. The van der Waals surface area contributed by atoms with Gasteiger partial charge in [-0.2, -0.15) is 5.26 Å². The molecule has 3 heteroatoms. The Morgan fingerprint density at radius 2 is 2.18 bits per heavy atom. The molecule has 0 aromatic heterocycles. The van der Waals surface area contributed by atoms with Gasteiger partial charge in [-0.3, -0.25) is 0 Å². The second-order valence-electron chi connectivity index (χ2n) is 1.99. The number of rotatable bonds is 1. The fourth-order valence-electron chi connectivity index (χ4n) is 0.745. The third kappa shape index (κ3) is 2.14. The van der Waals surface area contributed by atoms with Crippen molar-refractivity contribution in [1.29, 1.82) is 5.26 Å².